The van der Waals surface area contributed by atoms with Crippen LogP contribution in [-0.2, 0) is 0 Å². The summed E-state index contributed by atoms with van der Waals surface area (Å²) >= 11 is 0. The van der Waals surface area contributed by atoms with Gasteiger partial charge in [-0.1, -0.05) is 20.8 Å². The SMILES string of the molecule is CC(C)CC(C)C1CCC(N)C1. The predicted octanol–water partition coefficient (Wildman–Crippen LogP) is 2.80. The lowest BCUT2D eigenvalue weighted by Gasteiger charge is -2.20. The molecule has 0 aromatic rings. The van der Waals surface area contributed by atoms with Crippen molar-refractivity contribution in [2.45, 2.75) is 52.5 Å². The van der Waals surface area contributed by atoms with E-state index >= 15 is 0 Å². The van der Waals surface area contributed by atoms with Gasteiger partial charge in [0, 0.05) is 6.04 Å². The Hall–Kier alpha value is -0.0400. The second-order valence-electron chi connectivity index (χ2n) is 4.94. The van der Waals surface area contributed by atoms with Crippen LogP contribution in [0.5, 0.6) is 0 Å². The molecular formula is C11H23N. The van der Waals surface area contributed by atoms with Crippen molar-refractivity contribution < 1.29 is 0 Å². The van der Waals surface area contributed by atoms with E-state index in [9.17, 15) is 0 Å². The van der Waals surface area contributed by atoms with Gasteiger partial charge in [-0.05, 0) is 43.4 Å². The van der Waals surface area contributed by atoms with Gasteiger partial charge in [0.25, 0.3) is 0 Å². The highest BCUT2D eigenvalue weighted by Gasteiger charge is 2.26. The van der Waals surface area contributed by atoms with Crippen molar-refractivity contribution in [3.05, 3.63) is 0 Å². The zero-order valence-electron chi connectivity index (χ0n) is 8.72. The lowest BCUT2D eigenvalue weighted by atomic mass is 9.86. The Balaban J connectivity index is 2.28. The molecule has 1 heteroatoms. The molecule has 0 saturated heterocycles. The van der Waals surface area contributed by atoms with Gasteiger partial charge in [0.1, 0.15) is 0 Å². The Morgan fingerprint density at radius 2 is 1.92 bits per heavy atom. The molecule has 72 valence electrons. The van der Waals surface area contributed by atoms with Gasteiger partial charge in [0.2, 0.25) is 0 Å². The Morgan fingerprint density at radius 3 is 2.33 bits per heavy atom. The largest absolute Gasteiger partial charge is 0.328 e. The van der Waals surface area contributed by atoms with Crippen LogP contribution in [0.2, 0.25) is 0 Å². The normalized spacial score (nSPS) is 32.8. The summed E-state index contributed by atoms with van der Waals surface area (Å²) in [5, 5.41) is 0. The molecule has 1 saturated carbocycles. The first-order valence-electron chi connectivity index (χ1n) is 5.35. The Bertz CT molecular complexity index is 131. The van der Waals surface area contributed by atoms with E-state index in [1.54, 1.807) is 0 Å². The zero-order valence-corrected chi connectivity index (χ0v) is 8.72. The summed E-state index contributed by atoms with van der Waals surface area (Å²) in [6.45, 7) is 7.01. The molecule has 0 heterocycles. The Kier molecular flexibility index (Phi) is 3.57. The van der Waals surface area contributed by atoms with E-state index in [0.717, 1.165) is 17.8 Å². The highest BCUT2D eigenvalue weighted by molar-refractivity contribution is 4.81. The van der Waals surface area contributed by atoms with Gasteiger partial charge in [0.15, 0.2) is 0 Å². The van der Waals surface area contributed by atoms with E-state index in [1.165, 1.54) is 25.7 Å². The third-order valence-electron chi connectivity index (χ3n) is 3.16. The molecule has 0 aliphatic heterocycles. The smallest absolute Gasteiger partial charge is 0.00416 e. The maximum absolute atomic E-state index is 5.89. The van der Waals surface area contributed by atoms with Crippen LogP contribution in [0, 0.1) is 17.8 Å². The van der Waals surface area contributed by atoms with Crippen LogP contribution in [0.15, 0.2) is 0 Å². The van der Waals surface area contributed by atoms with Gasteiger partial charge in [-0.2, -0.15) is 0 Å². The van der Waals surface area contributed by atoms with Gasteiger partial charge >= 0.3 is 0 Å². The molecule has 2 N–H and O–H groups in total. The molecule has 1 aliphatic carbocycles. The van der Waals surface area contributed by atoms with E-state index in [2.05, 4.69) is 20.8 Å². The first-order valence-corrected chi connectivity index (χ1v) is 5.35. The van der Waals surface area contributed by atoms with Gasteiger partial charge in [-0.3, -0.25) is 0 Å². The molecule has 12 heavy (non-hydrogen) atoms. The average Bonchev–Trinajstić information content (AvgIpc) is 2.34. The van der Waals surface area contributed by atoms with E-state index in [4.69, 9.17) is 5.73 Å². The van der Waals surface area contributed by atoms with Crippen molar-refractivity contribution >= 4 is 0 Å². The molecule has 0 bridgehead atoms. The summed E-state index contributed by atoms with van der Waals surface area (Å²) in [5.41, 5.74) is 5.89. The molecule has 0 radical (unpaired) electrons. The Labute approximate surface area is 76.7 Å². The van der Waals surface area contributed by atoms with Crippen molar-refractivity contribution in [2.24, 2.45) is 23.5 Å². The van der Waals surface area contributed by atoms with Crippen LogP contribution in [0.1, 0.15) is 46.5 Å². The zero-order chi connectivity index (χ0) is 9.14. The quantitative estimate of drug-likeness (QED) is 0.690. The van der Waals surface area contributed by atoms with E-state index in [0.29, 0.717) is 6.04 Å². The minimum absolute atomic E-state index is 0.504. The van der Waals surface area contributed by atoms with Crippen LogP contribution in [-0.4, -0.2) is 6.04 Å². The molecule has 3 atom stereocenters. The molecule has 0 spiro atoms. The number of rotatable bonds is 3. The van der Waals surface area contributed by atoms with Crippen LogP contribution >= 0.6 is 0 Å². The van der Waals surface area contributed by atoms with E-state index < -0.39 is 0 Å². The third-order valence-corrected chi connectivity index (χ3v) is 3.16. The van der Waals surface area contributed by atoms with Crippen LogP contribution in [0.3, 0.4) is 0 Å². The predicted molar refractivity (Wildman–Crippen MR) is 53.9 cm³/mol. The number of hydrogen-bond donors (Lipinski definition) is 1. The second-order valence-corrected chi connectivity index (χ2v) is 4.94. The minimum atomic E-state index is 0.504. The molecule has 1 rings (SSSR count). The maximum atomic E-state index is 5.89. The highest BCUT2D eigenvalue weighted by atomic mass is 14.6. The summed E-state index contributed by atoms with van der Waals surface area (Å²) in [7, 11) is 0. The lowest BCUT2D eigenvalue weighted by Crippen LogP contribution is -2.17. The standard InChI is InChI=1S/C11H23N/c1-8(2)6-9(3)10-4-5-11(12)7-10/h8-11H,4-7,12H2,1-3H3. The van der Waals surface area contributed by atoms with E-state index in [1.807, 2.05) is 0 Å². The summed E-state index contributed by atoms with van der Waals surface area (Å²) in [6.07, 6.45) is 5.27. The molecule has 1 aliphatic rings. The number of hydrogen-bond acceptors (Lipinski definition) is 1. The summed E-state index contributed by atoms with van der Waals surface area (Å²) < 4.78 is 0. The molecule has 1 fully saturated rings. The monoisotopic (exact) mass is 169 g/mol. The molecule has 1 nitrogen and oxygen atoms in total. The third kappa shape index (κ3) is 2.78. The number of nitrogens with two attached hydrogens (primary N) is 1. The second kappa shape index (κ2) is 4.27. The fourth-order valence-corrected chi connectivity index (χ4v) is 2.51. The fraction of sp³-hybridized carbons (Fsp3) is 1.00. The van der Waals surface area contributed by atoms with Gasteiger partial charge < -0.3 is 5.73 Å². The summed E-state index contributed by atoms with van der Waals surface area (Å²) in [5.74, 6) is 2.65. The Morgan fingerprint density at radius 1 is 1.25 bits per heavy atom. The minimum Gasteiger partial charge on any atom is -0.328 e. The maximum Gasteiger partial charge on any atom is 0.00416 e. The first kappa shape index (κ1) is 10.0. The van der Waals surface area contributed by atoms with Gasteiger partial charge in [-0.25, -0.2) is 0 Å². The summed E-state index contributed by atoms with van der Waals surface area (Å²) in [6, 6.07) is 0.504. The topological polar surface area (TPSA) is 26.0 Å². The van der Waals surface area contributed by atoms with Gasteiger partial charge in [0.05, 0.1) is 0 Å². The molecule has 3 unspecified atom stereocenters. The molecular weight excluding hydrogens is 146 g/mol. The fourth-order valence-electron chi connectivity index (χ4n) is 2.51. The van der Waals surface area contributed by atoms with Crippen molar-refractivity contribution in [2.75, 3.05) is 0 Å². The van der Waals surface area contributed by atoms with Gasteiger partial charge in [-0.15, -0.1) is 0 Å². The average molecular weight is 169 g/mol. The van der Waals surface area contributed by atoms with E-state index in [-0.39, 0.29) is 0 Å². The molecule has 0 aromatic heterocycles. The van der Waals surface area contributed by atoms with Crippen molar-refractivity contribution in [3.63, 3.8) is 0 Å². The van der Waals surface area contributed by atoms with Crippen LogP contribution < -0.4 is 5.73 Å². The van der Waals surface area contributed by atoms with Crippen LogP contribution in [0.25, 0.3) is 0 Å². The molecule has 0 amide bonds. The first-order chi connectivity index (χ1) is 5.59. The van der Waals surface area contributed by atoms with Crippen LogP contribution in [0.4, 0.5) is 0 Å². The highest BCUT2D eigenvalue weighted by Crippen LogP contribution is 2.33. The summed E-state index contributed by atoms with van der Waals surface area (Å²) in [4.78, 5) is 0. The van der Waals surface area contributed by atoms with Crippen molar-refractivity contribution in [3.8, 4) is 0 Å². The lowest BCUT2D eigenvalue weighted by molar-refractivity contribution is 0.306. The van der Waals surface area contributed by atoms with Crippen molar-refractivity contribution in [1.82, 2.24) is 0 Å². The van der Waals surface area contributed by atoms with Crippen molar-refractivity contribution in [1.29, 1.82) is 0 Å². The molecule has 0 aromatic carbocycles.